The van der Waals surface area contributed by atoms with E-state index in [4.69, 9.17) is 4.52 Å². The number of hydrogen-bond acceptors (Lipinski definition) is 5. The fraction of sp³-hybridized carbons (Fsp3) is 0.375. The van der Waals surface area contributed by atoms with Gasteiger partial charge in [-0.15, -0.1) is 0 Å². The van der Waals surface area contributed by atoms with Gasteiger partial charge in [-0.05, 0) is 0 Å². The molecule has 1 aliphatic rings. The Labute approximate surface area is 79.7 Å². The van der Waals surface area contributed by atoms with Crippen LogP contribution in [0.25, 0.3) is 11.4 Å². The summed E-state index contributed by atoms with van der Waals surface area (Å²) in [5.41, 5.74) is 0.854. The standard InChI is InChI=1S/C8H9N5O/c1-6(2-9-1)8-12-7(13-14-8)5-3-10-11-4-5/h3-4,6,9H,1-2H2,(H,10,11). The number of aromatic nitrogens is 4. The van der Waals surface area contributed by atoms with Gasteiger partial charge in [0.2, 0.25) is 11.7 Å². The zero-order valence-electron chi connectivity index (χ0n) is 7.40. The van der Waals surface area contributed by atoms with Gasteiger partial charge in [0.05, 0.1) is 17.7 Å². The minimum atomic E-state index is 0.378. The predicted molar refractivity (Wildman–Crippen MR) is 47.5 cm³/mol. The zero-order valence-corrected chi connectivity index (χ0v) is 7.40. The van der Waals surface area contributed by atoms with Gasteiger partial charge < -0.3 is 9.84 Å². The lowest BCUT2D eigenvalue weighted by Crippen LogP contribution is -2.40. The van der Waals surface area contributed by atoms with Crippen LogP contribution in [-0.2, 0) is 0 Å². The van der Waals surface area contributed by atoms with Crippen LogP contribution >= 0.6 is 0 Å². The lowest BCUT2D eigenvalue weighted by molar-refractivity contribution is 0.308. The molecule has 2 aromatic rings. The molecule has 3 heterocycles. The fourth-order valence-corrected chi connectivity index (χ4v) is 1.35. The molecule has 0 saturated carbocycles. The van der Waals surface area contributed by atoms with Crippen molar-refractivity contribution >= 4 is 0 Å². The van der Waals surface area contributed by atoms with Crippen molar-refractivity contribution in [1.82, 2.24) is 25.7 Å². The first-order chi connectivity index (χ1) is 6.93. The van der Waals surface area contributed by atoms with E-state index in [-0.39, 0.29) is 0 Å². The predicted octanol–water partition coefficient (Wildman–Crippen LogP) is 0.146. The van der Waals surface area contributed by atoms with Gasteiger partial charge in [-0.1, -0.05) is 5.16 Å². The van der Waals surface area contributed by atoms with Crippen molar-refractivity contribution < 1.29 is 4.52 Å². The van der Waals surface area contributed by atoms with E-state index in [9.17, 15) is 0 Å². The number of aromatic amines is 1. The summed E-state index contributed by atoms with van der Waals surface area (Å²) in [4.78, 5) is 4.30. The molecule has 1 fully saturated rings. The Balaban J connectivity index is 1.90. The van der Waals surface area contributed by atoms with E-state index in [1.165, 1.54) is 0 Å². The van der Waals surface area contributed by atoms with Gasteiger partial charge in [0.25, 0.3) is 0 Å². The van der Waals surface area contributed by atoms with Crippen LogP contribution in [0.3, 0.4) is 0 Å². The van der Waals surface area contributed by atoms with Crippen molar-refractivity contribution in [2.75, 3.05) is 13.1 Å². The number of nitrogens with one attached hydrogen (secondary N) is 2. The first kappa shape index (κ1) is 7.69. The van der Waals surface area contributed by atoms with Crippen molar-refractivity contribution in [3.63, 3.8) is 0 Å². The molecule has 6 nitrogen and oxygen atoms in total. The minimum Gasteiger partial charge on any atom is -0.339 e. The van der Waals surface area contributed by atoms with Crippen molar-refractivity contribution in [3.05, 3.63) is 18.3 Å². The van der Waals surface area contributed by atoms with Crippen LogP contribution in [0.15, 0.2) is 16.9 Å². The molecule has 3 rings (SSSR count). The van der Waals surface area contributed by atoms with Crippen molar-refractivity contribution in [3.8, 4) is 11.4 Å². The Bertz CT molecular complexity index is 417. The molecule has 0 unspecified atom stereocenters. The summed E-state index contributed by atoms with van der Waals surface area (Å²) in [6.45, 7) is 1.85. The first-order valence-electron chi connectivity index (χ1n) is 4.47. The van der Waals surface area contributed by atoms with Gasteiger partial charge in [-0.2, -0.15) is 10.1 Å². The number of nitrogens with zero attached hydrogens (tertiary/aromatic N) is 3. The van der Waals surface area contributed by atoms with Crippen LogP contribution in [0, 0.1) is 0 Å². The van der Waals surface area contributed by atoms with E-state index < -0.39 is 0 Å². The average Bonchev–Trinajstić information content (AvgIpc) is 2.65. The Morgan fingerprint density at radius 3 is 3.00 bits per heavy atom. The van der Waals surface area contributed by atoms with E-state index in [1.807, 2.05) is 0 Å². The molecule has 1 aliphatic heterocycles. The van der Waals surface area contributed by atoms with Crippen molar-refractivity contribution in [1.29, 1.82) is 0 Å². The fourth-order valence-electron chi connectivity index (χ4n) is 1.35. The van der Waals surface area contributed by atoms with Crippen LogP contribution in [0.5, 0.6) is 0 Å². The number of hydrogen-bond donors (Lipinski definition) is 2. The highest BCUT2D eigenvalue weighted by Crippen LogP contribution is 2.21. The van der Waals surface area contributed by atoms with E-state index in [2.05, 4.69) is 25.7 Å². The third-order valence-electron chi connectivity index (χ3n) is 2.33. The van der Waals surface area contributed by atoms with E-state index >= 15 is 0 Å². The second-order valence-electron chi connectivity index (χ2n) is 3.30. The summed E-state index contributed by atoms with van der Waals surface area (Å²) >= 11 is 0. The summed E-state index contributed by atoms with van der Waals surface area (Å²) < 4.78 is 5.15. The lowest BCUT2D eigenvalue weighted by Gasteiger charge is -2.22. The first-order valence-corrected chi connectivity index (χ1v) is 4.47. The Morgan fingerprint density at radius 1 is 1.43 bits per heavy atom. The lowest BCUT2D eigenvalue weighted by atomic mass is 10.0. The molecule has 0 aromatic carbocycles. The van der Waals surface area contributed by atoms with E-state index in [1.54, 1.807) is 12.4 Å². The molecule has 0 aliphatic carbocycles. The van der Waals surface area contributed by atoms with Crippen LogP contribution < -0.4 is 5.32 Å². The Kier molecular flexibility index (Phi) is 1.60. The summed E-state index contributed by atoms with van der Waals surface area (Å²) in [6.07, 6.45) is 3.42. The van der Waals surface area contributed by atoms with Gasteiger partial charge in [0.1, 0.15) is 0 Å². The molecule has 72 valence electrons. The molecule has 14 heavy (non-hydrogen) atoms. The highest BCUT2D eigenvalue weighted by Gasteiger charge is 2.25. The highest BCUT2D eigenvalue weighted by atomic mass is 16.5. The minimum absolute atomic E-state index is 0.378. The molecule has 0 bridgehead atoms. The maximum absolute atomic E-state index is 5.15. The second-order valence-corrected chi connectivity index (χ2v) is 3.30. The van der Waals surface area contributed by atoms with Gasteiger partial charge in [-0.25, -0.2) is 0 Å². The van der Waals surface area contributed by atoms with Gasteiger partial charge >= 0.3 is 0 Å². The normalized spacial score (nSPS) is 16.9. The number of rotatable bonds is 2. The summed E-state index contributed by atoms with van der Waals surface area (Å²) in [5.74, 6) is 1.68. The topological polar surface area (TPSA) is 79.6 Å². The maximum atomic E-state index is 5.15. The molecule has 0 atom stereocenters. The Morgan fingerprint density at radius 2 is 2.36 bits per heavy atom. The van der Waals surface area contributed by atoms with E-state index in [0.29, 0.717) is 17.6 Å². The molecule has 6 heteroatoms. The highest BCUT2D eigenvalue weighted by molar-refractivity contribution is 5.50. The second kappa shape index (κ2) is 2.91. The largest absolute Gasteiger partial charge is 0.339 e. The monoisotopic (exact) mass is 191 g/mol. The Hall–Kier alpha value is -1.69. The summed E-state index contributed by atoms with van der Waals surface area (Å²) in [6, 6.07) is 0. The summed E-state index contributed by atoms with van der Waals surface area (Å²) in [5, 5.41) is 13.6. The van der Waals surface area contributed by atoms with Crippen LogP contribution in [0.4, 0.5) is 0 Å². The quantitative estimate of drug-likeness (QED) is 0.706. The molecule has 0 radical (unpaired) electrons. The number of H-pyrrole nitrogens is 1. The third-order valence-corrected chi connectivity index (χ3v) is 2.33. The maximum Gasteiger partial charge on any atom is 0.232 e. The molecular weight excluding hydrogens is 182 g/mol. The molecule has 2 N–H and O–H groups in total. The average molecular weight is 191 g/mol. The third kappa shape index (κ3) is 1.12. The van der Waals surface area contributed by atoms with Crippen LogP contribution in [0.2, 0.25) is 0 Å². The van der Waals surface area contributed by atoms with Crippen molar-refractivity contribution in [2.24, 2.45) is 0 Å². The zero-order chi connectivity index (χ0) is 9.38. The molecule has 2 aromatic heterocycles. The van der Waals surface area contributed by atoms with Gasteiger partial charge in [0.15, 0.2) is 0 Å². The smallest absolute Gasteiger partial charge is 0.232 e. The molecule has 0 spiro atoms. The summed E-state index contributed by atoms with van der Waals surface area (Å²) in [7, 11) is 0. The van der Waals surface area contributed by atoms with Gasteiger partial charge in [0, 0.05) is 19.3 Å². The molecule has 0 amide bonds. The SMILES string of the molecule is c1n[nH]cc1-c1noc(C2CNC2)n1. The van der Waals surface area contributed by atoms with Crippen LogP contribution in [0.1, 0.15) is 11.8 Å². The van der Waals surface area contributed by atoms with Gasteiger partial charge in [-0.3, -0.25) is 5.10 Å². The van der Waals surface area contributed by atoms with Crippen LogP contribution in [-0.4, -0.2) is 33.4 Å². The van der Waals surface area contributed by atoms with Crippen molar-refractivity contribution in [2.45, 2.75) is 5.92 Å². The van der Waals surface area contributed by atoms with E-state index in [0.717, 1.165) is 18.7 Å². The molecular formula is C8H9N5O. The molecule has 1 saturated heterocycles.